The van der Waals surface area contributed by atoms with E-state index in [9.17, 15) is 13.2 Å². The molecular formula is C17H19ClN2O3S. The number of halogens is 1. The van der Waals surface area contributed by atoms with Gasteiger partial charge < -0.3 is 5.32 Å². The van der Waals surface area contributed by atoms with Crippen molar-refractivity contribution in [3.8, 4) is 0 Å². The lowest BCUT2D eigenvalue weighted by Gasteiger charge is -2.14. The van der Waals surface area contributed by atoms with Crippen LogP contribution < -0.4 is 5.32 Å². The number of amides is 1. The molecule has 0 unspecified atom stereocenters. The van der Waals surface area contributed by atoms with Gasteiger partial charge >= 0.3 is 0 Å². The van der Waals surface area contributed by atoms with Crippen molar-refractivity contribution in [1.29, 1.82) is 0 Å². The van der Waals surface area contributed by atoms with Gasteiger partial charge in [-0.2, -0.15) is 0 Å². The highest BCUT2D eigenvalue weighted by atomic mass is 35.5. The Morgan fingerprint density at radius 2 is 1.75 bits per heavy atom. The summed E-state index contributed by atoms with van der Waals surface area (Å²) in [6.07, 6.45) is 0. The predicted molar refractivity (Wildman–Crippen MR) is 96.2 cm³/mol. The number of nitrogens with zero attached hydrogens (tertiary/aromatic N) is 1. The van der Waals surface area contributed by atoms with E-state index in [4.69, 9.17) is 11.6 Å². The largest absolute Gasteiger partial charge is 0.322 e. The minimum Gasteiger partial charge on any atom is -0.322 e. The van der Waals surface area contributed by atoms with Gasteiger partial charge in [0.05, 0.1) is 5.02 Å². The lowest BCUT2D eigenvalue weighted by atomic mass is 10.1. The zero-order chi connectivity index (χ0) is 18.1. The summed E-state index contributed by atoms with van der Waals surface area (Å²) in [7, 11) is -0.907. The Hall–Kier alpha value is -1.89. The lowest BCUT2D eigenvalue weighted by molar-refractivity contribution is 0.102. The Labute approximate surface area is 147 Å². The second-order valence-corrected chi connectivity index (χ2v) is 8.23. The van der Waals surface area contributed by atoms with Crippen LogP contribution in [0, 0.1) is 13.8 Å². The average molecular weight is 367 g/mol. The Morgan fingerprint density at radius 1 is 1.08 bits per heavy atom. The number of benzene rings is 2. The van der Waals surface area contributed by atoms with Crippen LogP contribution in [0.25, 0.3) is 0 Å². The second kappa shape index (κ2) is 6.93. The molecule has 2 aromatic carbocycles. The number of rotatable bonds is 4. The SMILES string of the molecule is Cc1ccc(C)c(NC(=O)c2ccc(Cl)c(S(=O)(=O)N(C)C)c2)c1. The van der Waals surface area contributed by atoms with Crippen LogP contribution in [0.15, 0.2) is 41.3 Å². The predicted octanol–water partition coefficient (Wildman–Crippen LogP) is 3.46. The molecular weight excluding hydrogens is 348 g/mol. The van der Waals surface area contributed by atoms with Gasteiger partial charge in [-0.3, -0.25) is 4.79 Å². The van der Waals surface area contributed by atoms with Crippen LogP contribution in [0.1, 0.15) is 21.5 Å². The molecule has 7 heteroatoms. The van der Waals surface area contributed by atoms with E-state index >= 15 is 0 Å². The molecule has 0 saturated carbocycles. The first-order valence-electron chi connectivity index (χ1n) is 7.23. The zero-order valence-corrected chi connectivity index (χ0v) is 15.5. The molecule has 0 saturated heterocycles. The minimum atomic E-state index is -3.73. The van der Waals surface area contributed by atoms with E-state index in [1.165, 1.54) is 32.3 Å². The fourth-order valence-corrected chi connectivity index (χ4v) is 3.50. The summed E-state index contributed by atoms with van der Waals surface area (Å²) in [5, 5.41) is 2.88. The van der Waals surface area contributed by atoms with Crippen molar-refractivity contribution in [1.82, 2.24) is 4.31 Å². The number of hydrogen-bond donors (Lipinski definition) is 1. The van der Waals surface area contributed by atoms with Crippen molar-refractivity contribution in [2.75, 3.05) is 19.4 Å². The maximum atomic E-state index is 12.5. The van der Waals surface area contributed by atoms with Crippen LogP contribution in [0.5, 0.6) is 0 Å². The molecule has 0 aliphatic rings. The molecule has 0 aliphatic heterocycles. The first-order chi connectivity index (χ1) is 11.1. The van der Waals surface area contributed by atoms with Gasteiger partial charge in [-0.25, -0.2) is 12.7 Å². The maximum Gasteiger partial charge on any atom is 0.255 e. The topological polar surface area (TPSA) is 66.5 Å². The highest BCUT2D eigenvalue weighted by Crippen LogP contribution is 2.25. The van der Waals surface area contributed by atoms with Gasteiger partial charge in [-0.05, 0) is 49.2 Å². The van der Waals surface area contributed by atoms with E-state index in [-0.39, 0.29) is 15.5 Å². The smallest absolute Gasteiger partial charge is 0.255 e. The van der Waals surface area contributed by atoms with Gasteiger partial charge in [0.25, 0.3) is 5.91 Å². The molecule has 1 amide bonds. The standard InChI is InChI=1S/C17H19ClN2O3S/c1-11-5-6-12(2)15(9-11)19-17(21)13-7-8-14(18)16(10-13)24(22,23)20(3)4/h5-10H,1-4H3,(H,19,21). The Kier molecular flexibility index (Phi) is 5.32. The summed E-state index contributed by atoms with van der Waals surface area (Å²) in [4.78, 5) is 12.4. The summed E-state index contributed by atoms with van der Waals surface area (Å²) >= 11 is 6.00. The van der Waals surface area contributed by atoms with Crippen LogP contribution in [0.4, 0.5) is 5.69 Å². The van der Waals surface area contributed by atoms with Crippen LogP contribution in [0.2, 0.25) is 5.02 Å². The third-order valence-corrected chi connectivity index (χ3v) is 5.89. The molecule has 0 heterocycles. The minimum absolute atomic E-state index is 0.0759. The molecule has 2 aromatic rings. The average Bonchev–Trinajstić information content (AvgIpc) is 2.50. The van der Waals surface area contributed by atoms with E-state index in [1.54, 1.807) is 0 Å². The molecule has 1 N–H and O–H groups in total. The third kappa shape index (κ3) is 3.77. The fourth-order valence-electron chi connectivity index (χ4n) is 2.10. The zero-order valence-electron chi connectivity index (χ0n) is 13.9. The molecule has 0 atom stereocenters. The van der Waals surface area contributed by atoms with Crippen molar-refractivity contribution in [3.05, 3.63) is 58.1 Å². The van der Waals surface area contributed by atoms with Crippen molar-refractivity contribution in [2.24, 2.45) is 0 Å². The van der Waals surface area contributed by atoms with Gasteiger partial charge in [-0.15, -0.1) is 0 Å². The summed E-state index contributed by atoms with van der Waals surface area (Å²) in [6, 6.07) is 9.93. The maximum absolute atomic E-state index is 12.5. The number of hydrogen-bond acceptors (Lipinski definition) is 3. The highest BCUT2D eigenvalue weighted by molar-refractivity contribution is 7.89. The quantitative estimate of drug-likeness (QED) is 0.901. The molecule has 0 aromatic heterocycles. The molecule has 0 radical (unpaired) electrons. The second-order valence-electron chi connectivity index (χ2n) is 5.71. The number of aryl methyl sites for hydroxylation is 2. The Morgan fingerprint density at radius 3 is 2.38 bits per heavy atom. The first-order valence-corrected chi connectivity index (χ1v) is 9.05. The van der Waals surface area contributed by atoms with Crippen LogP contribution >= 0.6 is 11.6 Å². The molecule has 128 valence electrons. The van der Waals surface area contributed by atoms with Crippen molar-refractivity contribution in [2.45, 2.75) is 18.7 Å². The van der Waals surface area contributed by atoms with Crippen molar-refractivity contribution >= 4 is 33.2 Å². The molecule has 0 spiro atoms. The summed E-state index contributed by atoms with van der Waals surface area (Å²) < 4.78 is 25.6. The first kappa shape index (κ1) is 18.4. The normalized spacial score (nSPS) is 11.6. The van der Waals surface area contributed by atoms with Crippen LogP contribution in [-0.4, -0.2) is 32.7 Å². The van der Waals surface area contributed by atoms with E-state index in [0.717, 1.165) is 15.4 Å². The van der Waals surface area contributed by atoms with Gasteiger partial charge in [0.2, 0.25) is 10.0 Å². The molecule has 24 heavy (non-hydrogen) atoms. The van der Waals surface area contributed by atoms with Gasteiger partial charge in [0.1, 0.15) is 4.90 Å². The van der Waals surface area contributed by atoms with Gasteiger partial charge in [-0.1, -0.05) is 23.7 Å². The molecule has 0 bridgehead atoms. The van der Waals surface area contributed by atoms with Crippen molar-refractivity contribution in [3.63, 3.8) is 0 Å². The molecule has 5 nitrogen and oxygen atoms in total. The number of sulfonamides is 1. The number of carbonyl (C=O) groups excluding carboxylic acids is 1. The highest BCUT2D eigenvalue weighted by Gasteiger charge is 2.22. The van der Waals surface area contributed by atoms with E-state index in [0.29, 0.717) is 5.69 Å². The number of nitrogens with one attached hydrogen (secondary N) is 1. The number of anilines is 1. The van der Waals surface area contributed by atoms with Crippen LogP contribution in [-0.2, 0) is 10.0 Å². The Bertz CT molecular complexity index is 893. The molecule has 0 fully saturated rings. The monoisotopic (exact) mass is 366 g/mol. The molecule has 2 rings (SSSR count). The third-order valence-electron chi connectivity index (χ3n) is 3.59. The summed E-state index contributed by atoms with van der Waals surface area (Å²) in [5.41, 5.74) is 2.85. The summed E-state index contributed by atoms with van der Waals surface area (Å²) in [5.74, 6) is -0.393. The lowest BCUT2D eigenvalue weighted by Crippen LogP contribution is -2.23. The van der Waals surface area contributed by atoms with E-state index in [1.807, 2.05) is 32.0 Å². The van der Waals surface area contributed by atoms with E-state index < -0.39 is 15.9 Å². The summed E-state index contributed by atoms with van der Waals surface area (Å²) in [6.45, 7) is 3.82. The van der Waals surface area contributed by atoms with E-state index in [2.05, 4.69) is 5.32 Å². The fraction of sp³-hybridized carbons (Fsp3) is 0.235. The van der Waals surface area contributed by atoms with Crippen molar-refractivity contribution < 1.29 is 13.2 Å². The van der Waals surface area contributed by atoms with Gasteiger partial charge in [0.15, 0.2) is 0 Å². The number of carbonyl (C=O) groups is 1. The Balaban J connectivity index is 2.39. The van der Waals surface area contributed by atoms with Gasteiger partial charge in [0, 0.05) is 25.3 Å². The molecule has 0 aliphatic carbocycles. The van der Waals surface area contributed by atoms with Crippen LogP contribution in [0.3, 0.4) is 0 Å².